The summed E-state index contributed by atoms with van der Waals surface area (Å²) < 4.78 is 15.9. The molecule has 0 unspecified atom stereocenters. The molecular formula is C18H22O3. The van der Waals surface area contributed by atoms with Crippen molar-refractivity contribution in [1.29, 1.82) is 0 Å². The van der Waals surface area contributed by atoms with Crippen molar-refractivity contribution < 1.29 is 14.2 Å². The topological polar surface area (TPSA) is 27.7 Å². The molecule has 0 heterocycles. The fraction of sp³-hybridized carbons (Fsp3) is 0.333. The van der Waals surface area contributed by atoms with Gasteiger partial charge in [-0.3, -0.25) is 0 Å². The van der Waals surface area contributed by atoms with Crippen LogP contribution in [0.2, 0.25) is 0 Å². The second-order valence-electron chi connectivity index (χ2n) is 5.06. The van der Waals surface area contributed by atoms with Gasteiger partial charge < -0.3 is 14.2 Å². The molecular weight excluding hydrogens is 264 g/mol. The number of hydrogen-bond acceptors (Lipinski definition) is 3. The van der Waals surface area contributed by atoms with E-state index >= 15 is 0 Å². The lowest BCUT2D eigenvalue weighted by atomic mass is 9.93. The van der Waals surface area contributed by atoms with Crippen LogP contribution in [0, 0.1) is 0 Å². The van der Waals surface area contributed by atoms with E-state index in [2.05, 4.69) is 25.1 Å². The molecule has 0 aromatic heterocycles. The van der Waals surface area contributed by atoms with Gasteiger partial charge in [0.1, 0.15) is 17.2 Å². The summed E-state index contributed by atoms with van der Waals surface area (Å²) in [6, 6.07) is 14.2. The molecule has 3 heteroatoms. The first-order valence-electron chi connectivity index (χ1n) is 7.02. The zero-order chi connectivity index (χ0) is 15.2. The molecule has 0 N–H and O–H groups in total. The normalized spacial score (nSPS) is 11.8. The summed E-state index contributed by atoms with van der Waals surface area (Å²) in [5.41, 5.74) is 2.47. The SMILES string of the molecule is COc1ccc([C@H](C)Cc2ccc(OC)cc2OC)cc1. The van der Waals surface area contributed by atoms with Crippen LogP contribution in [0.1, 0.15) is 24.0 Å². The minimum atomic E-state index is 0.401. The highest BCUT2D eigenvalue weighted by Crippen LogP contribution is 2.30. The van der Waals surface area contributed by atoms with Crippen LogP contribution in [0.3, 0.4) is 0 Å². The van der Waals surface area contributed by atoms with Crippen molar-refractivity contribution in [2.24, 2.45) is 0 Å². The Labute approximate surface area is 126 Å². The molecule has 0 radical (unpaired) electrons. The Morgan fingerprint density at radius 1 is 0.810 bits per heavy atom. The van der Waals surface area contributed by atoms with Crippen LogP contribution < -0.4 is 14.2 Å². The van der Waals surface area contributed by atoms with Gasteiger partial charge in [0.2, 0.25) is 0 Å². The zero-order valence-electron chi connectivity index (χ0n) is 13.1. The maximum atomic E-state index is 5.46. The Kier molecular flexibility index (Phi) is 5.09. The van der Waals surface area contributed by atoms with Crippen molar-refractivity contribution in [3.8, 4) is 17.2 Å². The Bertz CT molecular complexity index is 576. The van der Waals surface area contributed by atoms with Crippen LogP contribution in [-0.4, -0.2) is 21.3 Å². The third-order valence-corrected chi connectivity index (χ3v) is 3.71. The van der Waals surface area contributed by atoms with Gasteiger partial charge in [-0.15, -0.1) is 0 Å². The largest absolute Gasteiger partial charge is 0.497 e. The quantitative estimate of drug-likeness (QED) is 0.801. The molecule has 0 aliphatic heterocycles. The molecule has 0 saturated carbocycles. The molecule has 0 amide bonds. The van der Waals surface area contributed by atoms with E-state index < -0.39 is 0 Å². The number of benzene rings is 2. The fourth-order valence-electron chi connectivity index (χ4n) is 2.40. The first-order chi connectivity index (χ1) is 10.2. The van der Waals surface area contributed by atoms with E-state index in [-0.39, 0.29) is 0 Å². The zero-order valence-corrected chi connectivity index (χ0v) is 13.1. The van der Waals surface area contributed by atoms with Crippen molar-refractivity contribution in [1.82, 2.24) is 0 Å². The maximum Gasteiger partial charge on any atom is 0.125 e. The van der Waals surface area contributed by atoms with Gasteiger partial charge in [-0.25, -0.2) is 0 Å². The average Bonchev–Trinajstić information content (AvgIpc) is 2.55. The lowest BCUT2D eigenvalue weighted by Crippen LogP contribution is -2.01. The van der Waals surface area contributed by atoms with Crippen LogP contribution >= 0.6 is 0 Å². The summed E-state index contributed by atoms with van der Waals surface area (Å²) in [5.74, 6) is 2.97. The highest BCUT2D eigenvalue weighted by atomic mass is 16.5. The summed E-state index contributed by atoms with van der Waals surface area (Å²) in [5, 5.41) is 0. The third-order valence-electron chi connectivity index (χ3n) is 3.71. The molecule has 0 saturated heterocycles. The number of rotatable bonds is 6. The molecule has 21 heavy (non-hydrogen) atoms. The van der Waals surface area contributed by atoms with Crippen LogP contribution in [-0.2, 0) is 6.42 Å². The van der Waals surface area contributed by atoms with E-state index in [1.807, 2.05) is 24.3 Å². The summed E-state index contributed by atoms with van der Waals surface area (Å²) in [6.07, 6.45) is 0.916. The molecule has 112 valence electrons. The Morgan fingerprint density at radius 3 is 2.00 bits per heavy atom. The minimum absolute atomic E-state index is 0.401. The molecule has 3 nitrogen and oxygen atoms in total. The Morgan fingerprint density at radius 2 is 1.43 bits per heavy atom. The summed E-state index contributed by atoms with van der Waals surface area (Å²) in [7, 11) is 5.03. The number of hydrogen-bond donors (Lipinski definition) is 0. The van der Waals surface area contributed by atoms with E-state index in [9.17, 15) is 0 Å². The van der Waals surface area contributed by atoms with Gasteiger partial charge in [0, 0.05) is 6.07 Å². The lowest BCUT2D eigenvalue weighted by Gasteiger charge is -2.15. The molecule has 1 atom stereocenters. The highest BCUT2D eigenvalue weighted by Gasteiger charge is 2.11. The van der Waals surface area contributed by atoms with Crippen molar-refractivity contribution in [3.63, 3.8) is 0 Å². The van der Waals surface area contributed by atoms with E-state index in [0.717, 1.165) is 23.7 Å². The molecule has 0 bridgehead atoms. The summed E-state index contributed by atoms with van der Waals surface area (Å²) >= 11 is 0. The van der Waals surface area contributed by atoms with Gasteiger partial charge in [0.25, 0.3) is 0 Å². The summed E-state index contributed by atoms with van der Waals surface area (Å²) in [4.78, 5) is 0. The number of methoxy groups -OCH3 is 3. The van der Waals surface area contributed by atoms with Gasteiger partial charge in [0.05, 0.1) is 21.3 Å². The van der Waals surface area contributed by atoms with Crippen molar-refractivity contribution in [3.05, 3.63) is 53.6 Å². The second kappa shape index (κ2) is 7.02. The van der Waals surface area contributed by atoms with Crippen molar-refractivity contribution >= 4 is 0 Å². The van der Waals surface area contributed by atoms with Crippen LogP contribution in [0.25, 0.3) is 0 Å². The van der Waals surface area contributed by atoms with Crippen LogP contribution in [0.5, 0.6) is 17.2 Å². The van der Waals surface area contributed by atoms with Crippen LogP contribution in [0.4, 0.5) is 0 Å². The van der Waals surface area contributed by atoms with E-state index in [4.69, 9.17) is 14.2 Å². The first kappa shape index (κ1) is 15.2. The number of ether oxygens (including phenoxy) is 3. The smallest absolute Gasteiger partial charge is 0.125 e. The van der Waals surface area contributed by atoms with Gasteiger partial charge in [0.15, 0.2) is 0 Å². The summed E-state index contributed by atoms with van der Waals surface area (Å²) in [6.45, 7) is 2.21. The molecule has 0 spiro atoms. The van der Waals surface area contributed by atoms with Crippen molar-refractivity contribution in [2.75, 3.05) is 21.3 Å². The maximum absolute atomic E-state index is 5.46. The molecule has 2 rings (SSSR count). The molecule has 0 aliphatic carbocycles. The average molecular weight is 286 g/mol. The monoisotopic (exact) mass is 286 g/mol. The second-order valence-corrected chi connectivity index (χ2v) is 5.06. The highest BCUT2D eigenvalue weighted by molar-refractivity contribution is 5.42. The minimum Gasteiger partial charge on any atom is -0.497 e. The van der Waals surface area contributed by atoms with Crippen LogP contribution in [0.15, 0.2) is 42.5 Å². The van der Waals surface area contributed by atoms with Crippen molar-refractivity contribution in [2.45, 2.75) is 19.3 Å². The predicted octanol–water partition coefficient (Wildman–Crippen LogP) is 4.06. The Hall–Kier alpha value is -2.16. The predicted molar refractivity (Wildman–Crippen MR) is 84.7 cm³/mol. The van der Waals surface area contributed by atoms with Gasteiger partial charge >= 0.3 is 0 Å². The van der Waals surface area contributed by atoms with E-state index in [1.165, 1.54) is 11.1 Å². The molecule has 0 fully saturated rings. The fourth-order valence-corrected chi connectivity index (χ4v) is 2.40. The van der Waals surface area contributed by atoms with Gasteiger partial charge in [-0.05, 0) is 41.7 Å². The van der Waals surface area contributed by atoms with Gasteiger partial charge in [-0.1, -0.05) is 25.1 Å². The van der Waals surface area contributed by atoms with Gasteiger partial charge in [-0.2, -0.15) is 0 Å². The lowest BCUT2D eigenvalue weighted by molar-refractivity contribution is 0.390. The van der Waals surface area contributed by atoms with E-state index in [0.29, 0.717) is 5.92 Å². The Balaban J connectivity index is 2.16. The molecule has 2 aromatic carbocycles. The molecule has 2 aromatic rings. The third kappa shape index (κ3) is 3.69. The first-order valence-corrected chi connectivity index (χ1v) is 7.02. The standard InChI is InChI=1S/C18H22O3/c1-13(14-5-8-16(19-2)9-6-14)11-15-7-10-17(20-3)12-18(15)21-4/h5-10,12-13H,11H2,1-4H3/t13-/m1/s1. The molecule has 0 aliphatic rings. The van der Waals surface area contributed by atoms with E-state index in [1.54, 1.807) is 21.3 Å².